The molecule has 0 radical (unpaired) electrons. The van der Waals surface area contributed by atoms with Gasteiger partial charge in [-0.05, 0) is 54.4 Å². The third kappa shape index (κ3) is 5.47. The number of ether oxygens (including phenoxy) is 1. The molecule has 0 saturated carbocycles. The van der Waals surface area contributed by atoms with E-state index in [9.17, 15) is 22.8 Å². The summed E-state index contributed by atoms with van der Waals surface area (Å²) in [5, 5.41) is 2.80. The quantitative estimate of drug-likeness (QED) is 0.363. The Balaban J connectivity index is 1.68. The molecule has 1 heterocycles. The van der Waals surface area contributed by atoms with Gasteiger partial charge in [-0.2, -0.15) is 4.72 Å². The van der Waals surface area contributed by atoms with Crippen LogP contribution in [0.2, 0.25) is 0 Å². The van der Waals surface area contributed by atoms with E-state index in [-0.39, 0.29) is 16.7 Å². The monoisotopic (exact) mass is 522 g/mol. The van der Waals surface area contributed by atoms with Crippen LogP contribution in [-0.2, 0) is 35.3 Å². The standard InChI is InChI=1S/C26H26N4O6S/c1-29-23-14-13-20(16-21(23)25(32)30(2)26(29)33)37(34,35)28-22(15-17-7-5-4-6-8-17)24(31)27-18-9-11-19(36-3)12-10-18/h4-14,16,22,28H,15H2,1-3H3,(H,27,31). The lowest BCUT2D eigenvalue weighted by Crippen LogP contribution is -2.45. The number of carbonyl (C=O) groups excluding carboxylic acids is 1. The number of methoxy groups -OCH3 is 1. The molecule has 0 aliphatic carbocycles. The van der Waals surface area contributed by atoms with Crippen LogP contribution in [0, 0.1) is 0 Å². The number of aromatic nitrogens is 2. The molecule has 0 aliphatic heterocycles. The average Bonchev–Trinajstić information content (AvgIpc) is 2.90. The lowest BCUT2D eigenvalue weighted by molar-refractivity contribution is -0.117. The minimum Gasteiger partial charge on any atom is -0.497 e. The molecule has 1 unspecified atom stereocenters. The Kier molecular flexibility index (Phi) is 7.28. The average molecular weight is 523 g/mol. The number of rotatable bonds is 8. The summed E-state index contributed by atoms with van der Waals surface area (Å²) in [4.78, 5) is 37.9. The second-order valence-electron chi connectivity index (χ2n) is 8.47. The Labute approximate surface area is 213 Å². The van der Waals surface area contributed by atoms with E-state index in [0.717, 1.165) is 10.1 Å². The molecular formula is C26H26N4O6S. The molecule has 4 rings (SSSR count). The lowest BCUT2D eigenvalue weighted by Gasteiger charge is -2.19. The van der Waals surface area contributed by atoms with Crippen molar-refractivity contribution in [1.82, 2.24) is 13.9 Å². The van der Waals surface area contributed by atoms with Crippen LogP contribution in [0.1, 0.15) is 5.56 Å². The van der Waals surface area contributed by atoms with E-state index in [1.807, 2.05) is 6.07 Å². The summed E-state index contributed by atoms with van der Waals surface area (Å²) in [5.41, 5.74) is 0.378. The second-order valence-corrected chi connectivity index (χ2v) is 10.2. The van der Waals surface area contributed by atoms with E-state index in [1.54, 1.807) is 48.5 Å². The van der Waals surface area contributed by atoms with Crippen LogP contribution in [0.3, 0.4) is 0 Å². The molecule has 2 N–H and O–H groups in total. The number of nitrogens with zero attached hydrogens (tertiary/aromatic N) is 2. The summed E-state index contributed by atoms with van der Waals surface area (Å²) in [6.07, 6.45) is 0.0892. The number of aryl methyl sites for hydroxylation is 1. The molecule has 1 atom stereocenters. The molecule has 0 saturated heterocycles. The van der Waals surface area contributed by atoms with Gasteiger partial charge in [0.1, 0.15) is 11.8 Å². The maximum Gasteiger partial charge on any atom is 0.330 e. The maximum absolute atomic E-state index is 13.4. The van der Waals surface area contributed by atoms with Gasteiger partial charge in [-0.1, -0.05) is 30.3 Å². The van der Waals surface area contributed by atoms with Gasteiger partial charge in [-0.3, -0.25) is 18.7 Å². The molecule has 0 spiro atoms. The van der Waals surface area contributed by atoms with E-state index in [2.05, 4.69) is 10.0 Å². The van der Waals surface area contributed by atoms with Gasteiger partial charge in [0.2, 0.25) is 15.9 Å². The molecule has 0 fully saturated rings. The van der Waals surface area contributed by atoms with E-state index >= 15 is 0 Å². The number of carbonyl (C=O) groups is 1. The fourth-order valence-electron chi connectivity index (χ4n) is 3.94. The van der Waals surface area contributed by atoms with Crippen molar-refractivity contribution in [3.8, 4) is 5.75 Å². The maximum atomic E-state index is 13.4. The minimum absolute atomic E-state index is 0.0646. The Morgan fingerprint density at radius 2 is 1.62 bits per heavy atom. The predicted octanol–water partition coefficient (Wildman–Crippen LogP) is 1.77. The summed E-state index contributed by atoms with van der Waals surface area (Å²) < 4.78 is 36.5. The highest BCUT2D eigenvalue weighted by molar-refractivity contribution is 7.89. The molecule has 1 aromatic heterocycles. The van der Waals surface area contributed by atoms with Crippen LogP contribution >= 0.6 is 0 Å². The molecule has 37 heavy (non-hydrogen) atoms. The van der Waals surface area contributed by atoms with Crippen LogP contribution in [0.15, 0.2) is 87.3 Å². The number of sulfonamides is 1. The first-order valence-electron chi connectivity index (χ1n) is 11.3. The first kappa shape index (κ1) is 25.9. The largest absolute Gasteiger partial charge is 0.497 e. The van der Waals surface area contributed by atoms with Gasteiger partial charge in [-0.25, -0.2) is 13.2 Å². The highest BCUT2D eigenvalue weighted by atomic mass is 32.2. The molecule has 3 aromatic carbocycles. The number of hydrogen-bond acceptors (Lipinski definition) is 6. The van der Waals surface area contributed by atoms with E-state index in [4.69, 9.17) is 4.74 Å². The molecular weight excluding hydrogens is 496 g/mol. The van der Waals surface area contributed by atoms with Gasteiger partial charge in [0, 0.05) is 19.8 Å². The number of anilines is 1. The first-order valence-corrected chi connectivity index (χ1v) is 12.8. The van der Waals surface area contributed by atoms with Crippen LogP contribution in [0.5, 0.6) is 5.75 Å². The highest BCUT2D eigenvalue weighted by Gasteiger charge is 2.27. The fraction of sp³-hybridized carbons (Fsp3) is 0.192. The SMILES string of the molecule is COc1ccc(NC(=O)C(Cc2ccccc2)NS(=O)(=O)c2ccc3c(c2)c(=O)n(C)c(=O)n3C)cc1. The second kappa shape index (κ2) is 10.4. The van der Waals surface area contributed by atoms with Gasteiger partial charge in [0.05, 0.1) is 22.9 Å². The number of fused-ring (bicyclic) bond motifs is 1. The molecule has 1 amide bonds. The fourth-order valence-corrected chi connectivity index (χ4v) is 5.16. The van der Waals surface area contributed by atoms with Crippen molar-refractivity contribution in [3.05, 3.63) is 99.2 Å². The summed E-state index contributed by atoms with van der Waals surface area (Å²) in [7, 11) is 0.109. The third-order valence-electron chi connectivity index (χ3n) is 6.00. The predicted molar refractivity (Wildman–Crippen MR) is 140 cm³/mol. The highest BCUT2D eigenvalue weighted by Crippen LogP contribution is 2.18. The molecule has 192 valence electrons. The van der Waals surface area contributed by atoms with Gasteiger partial charge in [-0.15, -0.1) is 0 Å². The van der Waals surface area contributed by atoms with Gasteiger partial charge >= 0.3 is 5.69 Å². The topological polar surface area (TPSA) is 128 Å². The summed E-state index contributed by atoms with van der Waals surface area (Å²) in [6, 6.07) is 18.4. The lowest BCUT2D eigenvalue weighted by atomic mass is 10.1. The van der Waals surface area contributed by atoms with Crippen LogP contribution in [0.25, 0.3) is 10.9 Å². The number of amides is 1. The van der Waals surface area contributed by atoms with E-state index < -0.39 is 33.2 Å². The number of hydrogen-bond donors (Lipinski definition) is 2. The normalized spacial score (nSPS) is 12.3. The molecule has 10 nitrogen and oxygen atoms in total. The molecule has 11 heteroatoms. The number of nitrogens with one attached hydrogen (secondary N) is 2. The Hall–Kier alpha value is -4.22. The van der Waals surface area contributed by atoms with Gasteiger partial charge < -0.3 is 10.1 Å². The van der Waals surface area contributed by atoms with Gasteiger partial charge in [0.25, 0.3) is 5.56 Å². The van der Waals surface area contributed by atoms with Crippen molar-refractivity contribution in [1.29, 1.82) is 0 Å². The Bertz CT molecular complexity index is 1680. The van der Waals surface area contributed by atoms with Crippen molar-refractivity contribution in [2.45, 2.75) is 17.4 Å². The van der Waals surface area contributed by atoms with Crippen LogP contribution < -0.4 is 26.0 Å². The smallest absolute Gasteiger partial charge is 0.330 e. The summed E-state index contributed by atoms with van der Waals surface area (Å²) >= 11 is 0. The van der Waals surface area contributed by atoms with Crippen molar-refractivity contribution in [2.75, 3.05) is 12.4 Å². The third-order valence-corrected chi connectivity index (χ3v) is 7.47. The van der Waals surface area contributed by atoms with Gasteiger partial charge in [0.15, 0.2) is 0 Å². The van der Waals surface area contributed by atoms with Crippen molar-refractivity contribution in [2.24, 2.45) is 14.1 Å². The van der Waals surface area contributed by atoms with E-state index in [0.29, 0.717) is 17.0 Å². The minimum atomic E-state index is -4.24. The first-order chi connectivity index (χ1) is 17.6. The Morgan fingerprint density at radius 1 is 0.946 bits per heavy atom. The van der Waals surface area contributed by atoms with Crippen molar-refractivity contribution >= 4 is 32.5 Å². The van der Waals surface area contributed by atoms with Crippen LogP contribution in [0.4, 0.5) is 5.69 Å². The molecule has 0 aliphatic rings. The zero-order valence-electron chi connectivity index (χ0n) is 20.5. The van der Waals surface area contributed by atoms with E-state index in [1.165, 1.54) is 44.0 Å². The molecule has 4 aromatic rings. The number of benzene rings is 3. The summed E-state index contributed by atoms with van der Waals surface area (Å²) in [6.45, 7) is 0. The summed E-state index contributed by atoms with van der Waals surface area (Å²) in [5.74, 6) is 0.0520. The Morgan fingerprint density at radius 3 is 2.27 bits per heavy atom. The van der Waals surface area contributed by atoms with Crippen molar-refractivity contribution in [3.63, 3.8) is 0 Å². The zero-order chi connectivity index (χ0) is 26.7. The van der Waals surface area contributed by atoms with Crippen molar-refractivity contribution < 1.29 is 17.9 Å². The zero-order valence-corrected chi connectivity index (χ0v) is 21.3. The molecule has 0 bridgehead atoms. The van der Waals surface area contributed by atoms with Crippen LogP contribution in [-0.4, -0.2) is 36.6 Å².